The zero-order valence-electron chi connectivity index (χ0n) is 12.3. The van der Waals surface area contributed by atoms with Gasteiger partial charge in [0, 0.05) is 50.7 Å². The van der Waals surface area contributed by atoms with Crippen molar-refractivity contribution in [3.63, 3.8) is 0 Å². The highest BCUT2D eigenvalue weighted by molar-refractivity contribution is 4.93. The molecule has 3 nitrogen and oxygen atoms in total. The molecular formula is C14H26F3N3. The fraction of sp³-hybridized carbons (Fsp3) is 1.00. The molecule has 1 saturated heterocycles. The molecule has 2 N–H and O–H groups in total. The molecule has 0 radical (unpaired) electrons. The summed E-state index contributed by atoms with van der Waals surface area (Å²) < 4.78 is 36.8. The van der Waals surface area contributed by atoms with E-state index in [0.717, 1.165) is 32.2 Å². The summed E-state index contributed by atoms with van der Waals surface area (Å²) in [5, 5.41) is 0. The number of nitrogens with zero attached hydrogens (tertiary/aromatic N) is 2. The second-order valence-corrected chi connectivity index (χ2v) is 6.42. The normalized spacial score (nSPS) is 25.6. The highest BCUT2D eigenvalue weighted by atomic mass is 19.4. The Balaban J connectivity index is 1.80. The van der Waals surface area contributed by atoms with Crippen LogP contribution in [0.5, 0.6) is 0 Å². The molecule has 1 aliphatic carbocycles. The first-order valence-electron chi connectivity index (χ1n) is 7.60. The molecule has 0 aromatic heterocycles. The molecule has 1 aliphatic heterocycles. The fourth-order valence-electron chi connectivity index (χ4n) is 3.13. The zero-order valence-corrected chi connectivity index (χ0v) is 12.3. The van der Waals surface area contributed by atoms with Crippen LogP contribution in [0.1, 0.15) is 39.0 Å². The minimum absolute atomic E-state index is 0.167. The molecule has 1 heterocycles. The minimum Gasteiger partial charge on any atom is -0.329 e. The van der Waals surface area contributed by atoms with Crippen LogP contribution in [-0.4, -0.2) is 60.3 Å². The van der Waals surface area contributed by atoms with Gasteiger partial charge in [-0.25, -0.2) is 0 Å². The predicted molar refractivity (Wildman–Crippen MR) is 73.5 cm³/mol. The summed E-state index contributed by atoms with van der Waals surface area (Å²) in [5.74, 6) is 0. The van der Waals surface area contributed by atoms with Crippen LogP contribution in [0.15, 0.2) is 0 Å². The van der Waals surface area contributed by atoms with Crippen molar-refractivity contribution in [3.8, 4) is 0 Å². The van der Waals surface area contributed by atoms with Crippen molar-refractivity contribution < 1.29 is 13.2 Å². The lowest BCUT2D eigenvalue weighted by atomic mass is 9.91. The van der Waals surface area contributed by atoms with Gasteiger partial charge in [0.1, 0.15) is 0 Å². The Hall–Kier alpha value is -0.330. The first-order chi connectivity index (χ1) is 9.34. The summed E-state index contributed by atoms with van der Waals surface area (Å²) in [6.07, 6.45) is -1.46. The van der Waals surface area contributed by atoms with Gasteiger partial charge in [0.2, 0.25) is 0 Å². The van der Waals surface area contributed by atoms with E-state index in [1.54, 1.807) is 0 Å². The number of hydrogen-bond donors (Lipinski definition) is 1. The molecule has 6 heteroatoms. The van der Waals surface area contributed by atoms with Crippen molar-refractivity contribution in [1.82, 2.24) is 9.80 Å². The van der Waals surface area contributed by atoms with Crippen molar-refractivity contribution in [1.29, 1.82) is 0 Å². The number of hydrogen-bond acceptors (Lipinski definition) is 3. The fourth-order valence-corrected chi connectivity index (χ4v) is 3.13. The Morgan fingerprint density at radius 1 is 1.05 bits per heavy atom. The highest BCUT2D eigenvalue weighted by Gasteiger charge is 2.37. The number of piperazine rings is 1. The maximum absolute atomic E-state index is 12.3. The molecule has 2 rings (SSSR count). The van der Waals surface area contributed by atoms with E-state index in [1.807, 2.05) is 6.92 Å². The minimum atomic E-state index is -4.06. The molecule has 1 saturated carbocycles. The number of alkyl halides is 3. The van der Waals surface area contributed by atoms with Gasteiger partial charge in [0.05, 0.1) is 0 Å². The third-order valence-corrected chi connectivity index (χ3v) is 4.76. The summed E-state index contributed by atoms with van der Waals surface area (Å²) in [6, 6.07) is 0.770. The van der Waals surface area contributed by atoms with E-state index in [4.69, 9.17) is 5.73 Å². The summed E-state index contributed by atoms with van der Waals surface area (Å²) in [7, 11) is 0. The Kier molecular flexibility index (Phi) is 4.97. The smallest absolute Gasteiger partial charge is 0.329 e. The van der Waals surface area contributed by atoms with Crippen LogP contribution in [-0.2, 0) is 0 Å². The average molecular weight is 293 g/mol. The third kappa shape index (κ3) is 4.33. The molecule has 2 aliphatic rings. The zero-order chi connectivity index (χ0) is 14.8. The Morgan fingerprint density at radius 2 is 1.65 bits per heavy atom. The van der Waals surface area contributed by atoms with Crippen LogP contribution in [0.3, 0.4) is 0 Å². The molecule has 0 spiro atoms. The van der Waals surface area contributed by atoms with E-state index in [0.29, 0.717) is 13.0 Å². The quantitative estimate of drug-likeness (QED) is 0.815. The first kappa shape index (κ1) is 16.0. The Labute approximate surface area is 119 Å². The van der Waals surface area contributed by atoms with Crippen LogP contribution in [0, 0.1) is 0 Å². The molecule has 20 heavy (non-hydrogen) atoms. The van der Waals surface area contributed by atoms with Gasteiger partial charge in [0.15, 0.2) is 0 Å². The molecule has 1 unspecified atom stereocenters. The molecule has 118 valence electrons. The van der Waals surface area contributed by atoms with Crippen molar-refractivity contribution >= 4 is 0 Å². The number of nitrogens with two attached hydrogens (primary N) is 1. The molecule has 0 aromatic carbocycles. The highest BCUT2D eigenvalue weighted by Crippen LogP contribution is 2.31. The van der Waals surface area contributed by atoms with Crippen LogP contribution in [0.2, 0.25) is 0 Å². The first-order valence-corrected chi connectivity index (χ1v) is 7.60. The summed E-state index contributed by atoms with van der Waals surface area (Å²) in [5.41, 5.74) is 5.57. The van der Waals surface area contributed by atoms with E-state index in [2.05, 4.69) is 9.80 Å². The number of rotatable bonds is 6. The Morgan fingerprint density at radius 3 is 2.10 bits per heavy atom. The lowest BCUT2D eigenvalue weighted by Crippen LogP contribution is -2.59. The van der Waals surface area contributed by atoms with E-state index >= 15 is 0 Å². The third-order valence-electron chi connectivity index (χ3n) is 4.76. The van der Waals surface area contributed by atoms with Crippen molar-refractivity contribution in [3.05, 3.63) is 0 Å². The van der Waals surface area contributed by atoms with Crippen molar-refractivity contribution in [2.45, 2.75) is 56.8 Å². The second-order valence-electron chi connectivity index (χ2n) is 6.42. The van der Waals surface area contributed by atoms with E-state index in [-0.39, 0.29) is 12.0 Å². The van der Waals surface area contributed by atoms with Gasteiger partial charge in [-0.2, -0.15) is 13.2 Å². The lowest BCUT2D eigenvalue weighted by Gasteiger charge is -2.46. The molecule has 0 amide bonds. The van der Waals surface area contributed by atoms with Crippen molar-refractivity contribution in [2.75, 3.05) is 32.7 Å². The summed E-state index contributed by atoms with van der Waals surface area (Å²) >= 11 is 0. The van der Waals surface area contributed by atoms with Crippen molar-refractivity contribution in [2.24, 2.45) is 5.73 Å². The Bertz CT molecular complexity index is 309. The van der Waals surface area contributed by atoms with Gasteiger partial charge in [-0.1, -0.05) is 0 Å². The van der Waals surface area contributed by atoms with Crippen LogP contribution in [0.25, 0.3) is 0 Å². The predicted octanol–water partition coefficient (Wildman–Crippen LogP) is 2.22. The van der Waals surface area contributed by atoms with Gasteiger partial charge in [-0.05, 0) is 32.6 Å². The van der Waals surface area contributed by atoms with Gasteiger partial charge in [-0.3, -0.25) is 9.80 Å². The van der Waals surface area contributed by atoms with E-state index in [9.17, 15) is 13.2 Å². The monoisotopic (exact) mass is 293 g/mol. The molecule has 2 fully saturated rings. The summed E-state index contributed by atoms with van der Waals surface area (Å²) in [4.78, 5) is 4.80. The second kappa shape index (κ2) is 6.20. The van der Waals surface area contributed by atoms with Crippen LogP contribution < -0.4 is 5.73 Å². The molecule has 0 aromatic rings. The van der Waals surface area contributed by atoms with Gasteiger partial charge >= 0.3 is 6.18 Å². The summed E-state index contributed by atoms with van der Waals surface area (Å²) in [6.45, 7) is 6.34. The van der Waals surface area contributed by atoms with Gasteiger partial charge in [0.25, 0.3) is 0 Å². The molecule has 1 atom stereocenters. The SMILES string of the molecule is CC(CN)(CCCC(F)(F)F)N1CCN(C2CC2)CC1. The molecule has 0 bridgehead atoms. The van der Waals surface area contributed by atoms with Gasteiger partial charge < -0.3 is 5.73 Å². The van der Waals surface area contributed by atoms with Gasteiger partial charge in [-0.15, -0.1) is 0 Å². The average Bonchev–Trinajstić information content (AvgIpc) is 3.21. The van der Waals surface area contributed by atoms with E-state index in [1.165, 1.54) is 12.8 Å². The van der Waals surface area contributed by atoms with Crippen LogP contribution in [0.4, 0.5) is 13.2 Å². The topological polar surface area (TPSA) is 32.5 Å². The van der Waals surface area contributed by atoms with E-state index < -0.39 is 12.6 Å². The maximum atomic E-state index is 12.3. The number of halogens is 3. The largest absolute Gasteiger partial charge is 0.389 e. The maximum Gasteiger partial charge on any atom is 0.389 e. The van der Waals surface area contributed by atoms with Crippen LogP contribution >= 0.6 is 0 Å². The lowest BCUT2D eigenvalue weighted by molar-refractivity contribution is -0.137. The molecular weight excluding hydrogens is 267 g/mol. The standard InChI is InChI=1S/C14H26F3N3/c1-13(11-18,5-2-6-14(15,16)17)20-9-7-19(8-10-20)12-3-4-12/h12H,2-11,18H2,1H3.